The van der Waals surface area contributed by atoms with E-state index in [-0.39, 0.29) is 34.4 Å². The zero-order valence-corrected chi connectivity index (χ0v) is 12.5. The van der Waals surface area contributed by atoms with E-state index in [9.17, 15) is 19.7 Å². The van der Waals surface area contributed by atoms with Crippen LogP contribution in [0.25, 0.3) is 0 Å². The van der Waals surface area contributed by atoms with Gasteiger partial charge < -0.3 is 10.1 Å². The number of amides is 1. The molecule has 2 rings (SSSR count). The molecule has 0 radical (unpaired) electrons. The van der Waals surface area contributed by atoms with E-state index in [2.05, 4.69) is 5.32 Å². The van der Waals surface area contributed by atoms with Gasteiger partial charge in [-0.1, -0.05) is 6.07 Å². The monoisotopic (exact) mass is 314 g/mol. The van der Waals surface area contributed by atoms with Gasteiger partial charge in [-0.3, -0.25) is 19.7 Å². The number of hydrogen-bond donors (Lipinski definition) is 1. The van der Waals surface area contributed by atoms with Crippen LogP contribution in [0.4, 0.5) is 5.69 Å². The number of carbonyl (C=O) groups excluding carboxylic acids is 2. The minimum absolute atomic E-state index is 0.00550. The molecule has 2 aromatic carbocycles. The molecule has 7 nitrogen and oxygen atoms in total. The van der Waals surface area contributed by atoms with Crippen molar-refractivity contribution in [2.75, 3.05) is 7.05 Å². The van der Waals surface area contributed by atoms with Crippen LogP contribution in [-0.4, -0.2) is 23.7 Å². The summed E-state index contributed by atoms with van der Waals surface area (Å²) in [7, 11) is 1.50. The van der Waals surface area contributed by atoms with Gasteiger partial charge in [0.05, 0.1) is 4.92 Å². The highest BCUT2D eigenvalue weighted by Crippen LogP contribution is 2.32. The minimum atomic E-state index is -0.621. The van der Waals surface area contributed by atoms with Gasteiger partial charge in [-0.05, 0) is 37.3 Å². The van der Waals surface area contributed by atoms with Gasteiger partial charge in [0, 0.05) is 24.2 Å². The third-order valence-electron chi connectivity index (χ3n) is 3.11. The Morgan fingerprint density at radius 2 is 1.87 bits per heavy atom. The molecule has 0 aliphatic heterocycles. The van der Waals surface area contributed by atoms with Gasteiger partial charge in [0.2, 0.25) is 5.75 Å². The van der Waals surface area contributed by atoms with Crippen molar-refractivity contribution in [3.63, 3.8) is 0 Å². The Kier molecular flexibility index (Phi) is 4.70. The van der Waals surface area contributed by atoms with Gasteiger partial charge >= 0.3 is 5.69 Å². The van der Waals surface area contributed by atoms with E-state index in [1.54, 1.807) is 18.2 Å². The lowest BCUT2D eigenvalue weighted by Gasteiger charge is -2.08. The minimum Gasteiger partial charge on any atom is -0.450 e. The molecule has 0 bridgehead atoms. The summed E-state index contributed by atoms with van der Waals surface area (Å²) in [6.45, 7) is 1.33. The van der Waals surface area contributed by atoms with E-state index in [1.165, 1.54) is 38.2 Å². The van der Waals surface area contributed by atoms with Gasteiger partial charge in [0.15, 0.2) is 5.78 Å². The maximum atomic E-state index is 11.6. The maximum Gasteiger partial charge on any atom is 0.312 e. The van der Waals surface area contributed by atoms with Crippen LogP contribution in [0.1, 0.15) is 27.6 Å². The molecular weight excluding hydrogens is 300 g/mol. The van der Waals surface area contributed by atoms with Crippen molar-refractivity contribution < 1.29 is 19.2 Å². The number of benzene rings is 2. The molecule has 0 fully saturated rings. The second kappa shape index (κ2) is 6.69. The summed E-state index contributed by atoms with van der Waals surface area (Å²) < 4.78 is 5.51. The Labute approximate surface area is 132 Å². The molecule has 118 valence electrons. The molecule has 1 amide bonds. The van der Waals surface area contributed by atoms with Crippen molar-refractivity contribution in [1.29, 1.82) is 0 Å². The molecule has 1 N–H and O–H groups in total. The SMILES string of the molecule is CNC(=O)c1cccc(Oc2ccc(C(C)=O)cc2[N+](=O)[O-])c1. The molecule has 0 saturated heterocycles. The summed E-state index contributed by atoms with van der Waals surface area (Å²) in [4.78, 5) is 33.5. The van der Waals surface area contributed by atoms with Crippen molar-refractivity contribution in [1.82, 2.24) is 5.32 Å². The highest BCUT2D eigenvalue weighted by Gasteiger charge is 2.18. The van der Waals surface area contributed by atoms with Crippen molar-refractivity contribution in [3.8, 4) is 11.5 Å². The summed E-state index contributed by atoms with van der Waals surface area (Å²) >= 11 is 0. The van der Waals surface area contributed by atoms with Gasteiger partial charge in [0.25, 0.3) is 5.91 Å². The number of carbonyl (C=O) groups is 2. The average Bonchev–Trinajstić information content (AvgIpc) is 2.54. The predicted molar refractivity (Wildman–Crippen MR) is 83.0 cm³/mol. The first-order valence-electron chi connectivity index (χ1n) is 6.71. The number of nitrogens with one attached hydrogen (secondary N) is 1. The van der Waals surface area contributed by atoms with Crippen LogP contribution in [0.3, 0.4) is 0 Å². The zero-order chi connectivity index (χ0) is 17.0. The summed E-state index contributed by atoms with van der Waals surface area (Å²) in [5.74, 6) is -0.294. The molecule has 0 spiro atoms. The number of nitro benzene ring substituents is 1. The van der Waals surface area contributed by atoms with Gasteiger partial charge in [-0.25, -0.2) is 0 Å². The zero-order valence-electron chi connectivity index (χ0n) is 12.5. The molecule has 7 heteroatoms. The van der Waals surface area contributed by atoms with Gasteiger partial charge in [-0.2, -0.15) is 0 Å². The molecule has 2 aromatic rings. The maximum absolute atomic E-state index is 11.6. The van der Waals surface area contributed by atoms with Gasteiger partial charge in [0.1, 0.15) is 5.75 Å². The fourth-order valence-electron chi connectivity index (χ4n) is 1.94. The predicted octanol–water partition coefficient (Wildman–Crippen LogP) is 2.95. The number of nitrogens with zero attached hydrogens (tertiary/aromatic N) is 1. The number of ketones is 1. The quantitative estimate of drug-likeness (QED) is 0.519. The first-order valence-corrected chi connectivity index (χ1v) is 6.71. The van der Waals surface area contributed by atoms with E-state index in [1.807, 2.05) is 0 Å². The number of ether oxygens (including phenoxy) is 1. The molecule has 0 unspecified atom stereocenters. The highest BCUT2D eigenvalue weighted by molar-refractivity contribution is 5.95. The lowest BCUT2D eigenvalue weighted by molar-refractivity contribution is -0.385. The Morgan fingerprint density at radius 3 is 2.48 bits per heavy atom. The molecule has 0 saturated carbocycles. The second-order valence-corrected chi connectivity index (χ2v) is 4.70. The van der Waals surface area contributed by atoms with Crippen molar-refractivity contribution in [2.45, 2.75) is 6.92 Å². The summed E-state index contributed by atoms with van der Waals surface area (Å²) in [5, 5.41) is 13.6. The lowest BCUT2D eigenvalue weighted by atomic mass is 10.1. The van der Waals surface area contributed by atoms with Crippen LogP contribution in [-0.2, 0) is 0 Å². The van der Waals surface area contributed by atoms with Crippen LogP contribution in [0.2, 0.25) is 0 Å². The third kappa shape index (κ3) is 3.70. The second-order valence-electron chi connectivity index (χ2n) is 4.70. The van der Waals surface area contributed by atoms with Crippen LogP contribution in [0.5, 0.6) is 11.5 Å². The Balaban J connectivity index is 2.38. The largest absolute Gasteiger partial charge is 0.450 e. The van der Waals surface area contributed by atoms with Crippen molar-refractivity contribution in [2.24, 2.45) is 0 Å². The summed E-state index contributed by atoms with van der Waals surface area (Å²) in [6, 6.07) is 10.2. The Bertz CT molecular complexity index is 786. The highest BCUT2D eigenvalue weighted by atomic mass is 16.6. The van der Waals surface area contributed by atoms with Crippen LogP contribution < -0.4 is 10.1 Å². The number of Topliss-reactive ketones (excluding diaryl/α,β-unsaturated/α-hetero) is 1. The standard InChI is InChI=1S/C16H14N2O5/c1-10(19)11-6-7-15(14(9-11)18(21)22)23-13-5-3-4-12(8-13)16(20)17-2/h3-9H,1-2H3,(H,17,20). The molecule has 23 heavy (non-hydrogen) atoms. The van der Waals surface area contributed by atoms with E-state index < -0.39 is 4.92 Å². The Hall–Kier alpha value is -3.22. The van der Waals surface area contributed by atoms with Crippen LogP contribution in [0.15, 0.2) is 42.5 Å². The van der Waals surface area contributed by atoms with Crippen molar-refractivity contribution in [3.05, 3.63) is 63.7 Å². The smallest absolute Gasteiger partial charge is 0.312 e. The molecule has 0 aliphatic rings. The first kappa shape index (κ1) is 16.2. The lowest BCUT2D eigenvalue weighted by Crippen LogP contribution is -2.17. The Morgan fingerprint density at radius 1 is 1.13 bits per heavy atom. The molecule has 0 heterocycles. The normalized spacial score (nSPS) is 10.0. The number of nitro groups is 1. The summed E-state index contributed by atoms with van der Waals surface area (Å²) in [5.41, 5.74) is 0.277. The van der Waals surface area contributed by atoms with E-state index in [0.29, 0.717) is 5.56 Å². The van der Waals surface area contributed by atoms with Crippen LogP contribution in [0, 0.1) is 10.1 Å². The third-order valence-corrected chi connectivity index (χ3v) is 3.11. The van der Waals surface area contributed by atoms with E-state index in [4.69, 9.17) is 4.74 Å². The fourth-order valence-corrected chi connectivity index (χ4v) is 1.94. The number of rotatable bonds is 5. The van der Waals surface area contributed by atoms with E-state index >= 15 is 0 Å². The molecule has 0 aromatic heterocycles. The molecular formula is C16H14N2O5. The molecule has 0 atom stereocenters. The summed E-state index contributed by atoms with van der Waals surface area (Å²) in [6.07, 6.45) is 0. The fraction of sp³-hybridized carbons (Fsp3) is 0.125. The van der Waals surface area contributed by atoms with Gasteiger partial charge in [-0.15, -0.1) is 0 Å². The first-order chi connectivity index (χ1) is 10.9. The number of hydrogen-bond acceptors (Lipinski definition) is 5. The van der Waals surface area contributed by atoms with Crippen LogP contribution >= 0.6 is 0 Å². The molecule has 0 aliphatic carbocycles. The average molecular weight is 314 g/mol. The van der Waals surface area contributed by atoms with E-state index in [0.717, 1.165) is 0 Å². The topological polar surface area (TPSA) is 98.5 Å². The van der Waals surface area contributed by atoms with Crippen molar-refractivity contribution >= 4 is 17.4 Å².